The van der Waals surface area contributed by atoms with Crippen LogP contribution in [0.5, 0.6) is 11.5 Å². The van der Waals surface area contributed by atoms with Crippen LogP contribution in [0.4, 0.5) is 5.69 Å². The molecular weight excluding hydrogens is 234 g/mol. The van der Waals surface area contributed by atoms with Crippen molar-refractivity contribution in [1.29, 1.82) is 0 Å². The molecule has 0 heterocycles. The Labute approximate surface area is 107 Å². The molecule has 0 saturated carbocycles. The first kappa shape index (κ1) is 14.3. The van der Waals surface area contributed by atoms with E-state index < -0.39 is 6.10 Å². The van der Waals surface area contributed by atoms with Crippen LogP contribution in [0, 0.1) is 6.92 Å². The number of ether oxygens (including phenoxy) is 2. The summed E-state index contributed by atoms with van der Waals surface area (Å²) in [5, 5.41) is 9.32. The number of methoxy groups -OCH3 is 2. The fourth-order valence-corrected chi connectivity index (χ4v) is 1.73. The quantitative estimate of drug-likeness (QED) is 0.880. The molecule has 0 aliphatic carbocycles. The number of carbonyl (C=O) groups excluding carboxylic acids is 1. The Hall–Kier alpha value is -1.75. The van der Waals surface area contributed by atoms with E-state index in [9.17, 15) is 9.90 Å². The first-order valence-electron chi connectivity index (χ1n) is 5.60. The molecule has 0 radical (unpaired) electrons. The molecule has 1 amide bonds. The Bertz CT molecular complexity index is 443. The summed E-state index contributed by atoms with van der Waals surface area (Å²) in [7, 11) is 4.71. The number of carbonyl (C=O) groups is 1. The fourth-order valence-electron chi connectivity index (χ4n) is 1.73. The van der Waals surface area contributed by atoms with E-state index in [4.69, 9.17) is 9.47 Å². The zero-order valence-corrected chi connectivity index (χ0v) is 11.4. The number of nitrogens with zero attached hydrogens (tertiary/aromatic N) is 1. The monoisotopic (exact) mass is 253 g/mol. The van der Waals surface area contributed by atoms with Crippen molar-refractivity contribution in [3.05, 3.63) is 17.7 Å². The lowest BCUT2D eigenvalue weighted by molar-refractivity contribution is -0.125. The van der Waals surface area contributed by atoms with Gasteiger partial charge in [-0.15, -0.1) is 0 Å². The van der Waals surface area contributed by atoms with Crippen molar-refractivity contribution in [2.45, 2.75) is 20.0 Å². The first-order valence-corrected chi connectivity index (χ1v) is 5.60. The van der Waals surface area contributed by atoms with Gasteiger partial charge < -0.3 is 19.5 Å². The van der Waals surface area contributed by atoms with Crippen molar-refractivity contribution < 1.29 is 19.4 Å². The van der Waals surface area contributed by atoms with Crippen LogP contribution in [0.25, 0.3) is 0 Å². The van der Waals surface area contributed by atoms with Crippen molar-refractivity contribution in [3.8, 4) is 11.5 Å². The van der Waals surface area contributed by atoms with Gasteiger partial charge in [-0.05, 0) is 25.5 Å². The molecule has 1 atom stereocenters. The van der Waals surface area contributed by atoms with Crippen LogP contribution in [0.15, 0.2) is 12.1 Å². The minimum absolute atomic E-state index is 0.370. The average Bonchev–Trinajstić information content (AvgIpc) is 2.36. The van der Waals surface area contributed by atoms with E-state index in [1.807, 2.05) is 6.92 Å². The molecule has 100 valence electrons. The minimum atomic E-state index is -1.04. The molecule has 0 fully saturated rings. The second-order valence-electron chi connectivity index (χ2n) is 4.07. The molecule has 18 heavy (non-hydrogen) atoms. The molecular formula is C13H19NO4. The molecule has 0 aromatic heterocycles. The molecule has 0 aliphatic rings. The highest BCUT2D eigenvalue weighted by molar-refractivity contribution is 5.96. The van der Waals surface area contributed by atoms with Gasteiger partial charge in [-0.25, -0.2) is 0 Å². The number of benzene rings is 1. The average molecular weight is 253 g/mol. The number of hydrogen-bond acceptors (Lipinski definition) is 4. The molecule has 1 aromatic rings. The lowest BCUT2D eigenvalue weighted by Crippen LogP contribution is -2.35. The Balaban J connectivity index is 3.21. The minimum Gasteiger partial charge on any atom is -0.493 e. The second-order valence-corrected chi connectivity index (χ2v) is 4.07. The van der Waals surface area contributed by atoms with Crippen LogP contribution in [-0.2, 0) is 4.79 Å². The maximum absolute atomic E-state index is 11.8. The van der Waals surface area contributed by atoms with Crippen molar-refractivity contribution in [3.63, 3.8) is 0 Å². The van der Waals surface area contributed by atoms with Crippen LogP contribution in [-0.4, -0.2) is 38.4 Å². The Kier molecular flexibility index (Phi) is 4.55. The normalized spacial score (nSPS) is 11.9. The smallest absolute Gasteiger partial charge is 0.255 e. The van der Waals surface area contributed by atoms with Gasteiger partial charge >= 0.3 is 0 Å². The molecule has 0 saturated heterocycles. The largest absolute Gasteiger partial charge is 0.493 e. The van der Waals surface area contributed by atoms with Gasteiger partial charge in [0.15, 0.2) is 11.5 Å². The molecule has 1 N–H and O–H groups in total. The number of aryl methyl sites for hydroxylation is 1. The lowest BCUT2D eigenvalue weighted by Gasteiger charge is -2.22. The predicted octanol–water partition coefficient (Wildman–Crippen LogP) is 1.36. The zero-order valence-electron chi connectivity index (χ0n) is 11.4. The Morgan fingerprint density at radius 2 is 1.78 bits per heavy atom. The topological polar surface area (TPSA) is 59.0 Å². The van der Waals surface area contributed by atoms with E-state index in [1.165, 1.54) is 18.9 Å². The van der Waals surface area contributed by atoms with Crippen molar-refractivity contribution >= 4 is 11.6 Å². The maximum Gasteiger partial charge on any atom is 0.255 e. The summed E-state index contributed by atoms with van der Waals surface area (Å²) < 4.78 is 10.4. The van der Waals surface area contributed by atoms with Crippen LogP contribution in [0.1, 0.15) is 12.5 Å². The molecule has 1 rings (SSSR count). The summed E-state index contributed by atoms with van der Waals surface area (Å²) in [6.07, 6.45) is -1.04. The predicted molar refractivity (Wildman–Crippen MR) is 69.4 cm³/mol. The third-order valence-electron chi connectivity index (χ3n) is 2.75. The molecule has 0 spiro atoms. The Morgan fingerprint density at radius 1 is 1.28 bits per heavy atom. The molecule has 0 bridgehead atoms. The van der Waals surface area contributed by atoms with Gasteiger partial charge in [-0.3, -0.25) is 4.79 Å². The van der Waals surface area contributed by atoms with E-state index in [0.29, 0.717) is 17.2 Å². The van der Waals surface area contributed by atoms with Gasteiger partial charge in [0.05, 0.1) is 19.9 Å². The number of amides is 1. The van der Waals surface area contributed by atoms with Gasteiger partial charge in [-0.1, -0.05) is 0 Å². The summed E-state index contributed by atoms with van der Waals surface area (Å²) >= 11 is 0. The number of anilines is 1. The van der Waals surface area contributed by atoms with Gasteiger partial charge in [0.1, 0.15) is 6.10 Å². The van der Waals surface area contributed by atoms with Gasteiger partial charge in [0.2, 0.25) is 0 Å². The summed E-state index contributed by atoms with van der Waals surface area (Å²) in [5.41, 5.74) is 1.54. The number of aliphatic hydroxyl groups excluding tert-OH is 1. The number of rotatable bonds is 4. The third kappa shape index (κ3) is 2.73. The summed E-state index contributed by atoms with van der Waals surface area (Å²) in [6.45, 7) is 3.30. The van der Waals surface area contributed by atoms with Gasteiger partial charge in [0.25, 0.3) is 5.91 Å². The van der Waals surface area contributed by atoms with Crippen LogP contribution in [0.3, 0.4) is 0 Å². The van der Waals surface area contributed by atoms with E-state index in [1.54, 1.807) is 26.3 Å². The number of aliphatic hydroxyl groups is 1. The summed E-state index contributed by atoms with van der Waals surface area (Å²) in [5.74, 6) is 0.783. The van der Waals surface area contributed by atoms with Gasteiger partial charge in [0, 0.05) is 13.1 Å². The van der Waals surface area contributed by atoms with Crippen molar-refractivity contribution in [2.24, 2.45) is 0 Å². The highest BCUT2D eigenvalue weighted by Crippen LogP contribution is 2.34. The van der Waals surface area contributed by atoms with E-state index in [2.05, 4.69) is 0 Å². The molecule has 0 aliphatic heterocycles. The van der Waals surface area contributed by atoms with E-state index in [0.717, 1.165) is 5.56 Å². The lowest BCUT2D eigenvalue weighted by atomic mass is 10.1. The zero-order chi connectivity index (χ0) is 13.9. The van der Waals surface area contributed by atoms with E-state index in [-0.39, 0.29) is 5.91 Å². The highest BCUT2D eigenvalue weighted by atomic mass is 16.5. The number of hydrogen-bond donors (Lipinski definition) is 1. The first-order chi connectivity index (χ1) is 8.42. The molecule has 1 aromatic carbocycles. The van der Waals surface area contributed by atoms with Crippen LogP contribution >= 0.6 is 0 Å². The standard InChI is InChI=1S/C13H19NO4/c1-8-6-11(17-4)12(18-5)7-10(8)14(3)13(16)9(2)15/h6-7,9,15H,1-5H3. The fraction of sp³-hybridized carbons (Fsp3) is 0.462. The van der Waals surface area contributed by atoms with Crippen LogP contribution in [0.2, 0.25) is 0 Å². The summed E-state index contributed by atoms with van der Waals surface area (Å²) in [4.78, 5) is 13.2. The summed E-state index contributed by atoms with van der Waals surface area (Å²) in [6, 6.07) is 3.51. The molecule has 5 nitrogen and oxygen atoms in total. The van der Waals surface area contributed by atoms with Crippen molar-refractivity contribution in [2.75, 3.05) is 26.2 Å². The molecule has 1 unspecified atom stereocenters. The maximum atomic E-state index is 11.8. The van der Waals surface area contributed by atoms with Crippen molar-refractivity contribution in [1.82, 2.24) is 0 Å². The van der Waals surface area contributed by atoms with Gasteiger partial charge in [-0.2, -0.15) is 0 Å². The highest BCUT2D eigenvalue weighted by Gasteiger charge is 2.19. The molecule has 5 heteroatoms. The third-order valence-corrected chi connectivity index (χ3v) is 2.75. The van der Waals surface area contributed by atoms with E-state index >= 15 is 0 Å². The number of likely N-dealkylation sites (N-methyl/N-ethyl adjacent to an activating group) is 1. The van der Waals surface area contributed by atoms with Crippen LogP contribution < -0.4 is 14.4 Å². The second kappa shape index (κ2) is 5.73. The SMILES string of the molecule is COc1cc(C)c(N(C)C(=O)C(C)O)cc1OC. The Morgan fingerprint density at radius 3 is 2.22 bits per heavy atom.